The van der Waals surface area contributed by atoms with Crippen molar-refractivity contribution in [3.63, 3.8) is 0 Å². The van der Waals surface area contributed by atoms with E-state index in [-0.39, 0.29) is 12.5 Å². The molecule has 0 radical (unpaired) electrons. The Morgan fingerprint density at radius 1 is 1.58 bits per heavy atom. The van der Waals surface area contributed by atoms with Crippen LogP contribution in [0.3, 0.4) is 0 Å². The SMILES string of the molecule is Cc1cc(C(CN)CO)c(C)[nH]1. The van der Waals surface area contributed by atoms with Crippen LogP contribution in [0.5, 0.6) is 0 Å². The van der Waals surface area contributed by atoms with Gasteiger partial charge in [0.05, 0.1) is 6.61 Å². The zero-order chi connectivity index (χ0) is 9.14. The van der Waals surface area contributed by atoms with Crippen LogP contribution >= 0.6 is 0 Å². The first kappa shape index (κ1) is 9.29. The lowest BCUT2D eigenvalue weighted by Gasteiger charge is -2.10. The van der Waals surface area contributed by atoms with Gasteiger partial charge in [-0.25, -0.2) is 0 Å². The van der Waals surface area contributed by atoms with E-state index in [9.17, 15) is 0 Å². The number of rotatable bonds is 3. The van der Waals surface area contributed by atoms with Gasteiger partial charge in [0, 0.05) is 23.9 Å². The highest BCUT2D eigenvalue weighted by atomic mass is 16.3. The van der Waals surface area contributed by atoms with E-state index in [4.69, 9.17) is 10.8 Å². The number of aromatic amines is 1. The normalized spacial score (nSPS) is 13.3. The first-order valence-electron chi connectivity index (χ1n) is 4.16. The predicted molar refractivity (Wildman–Crippen MR) is 49.1 cm³/mol. The Balaban J connectivity index is 2.91. The summed E-state index contributed by atoms with van der Waals surface area (Å²) >= 11 is 0. The molecular formula is C9H16N2O. The first-order valence-corrected chi connectivity index (χ1v) is 4.16. The number of nitrogens with one attached hydrogen (secondary N) is 1. The maximum Gasteiger partial charge on any atom is 0.0512 e. The highest BCUT2D eigenvalue weighted by molar-refractivity contribution is 5.28. The van der Waals surface area contributed by atoms with Crippen molar-refractivity contribution < 1.29 is 5.11 Å². The third-order valence-corrected chi connectivity index (χ3v) is 2.13. The molecule has 0 fully saturated rings. The Kier molecular flexibility index (Phi) is 2.89. The van der Waals surface area contributed by atoms with Crippen molar-refractivity contribution in [3.05, 3.63) is 23.0 Å². The summed E-state index contributed by atoms with van der Waals surface area (Å²) in [6.07, 6.45) is 0. The molecule has 0 bridgehead atoms. The van der Waals surface area contributed by atoms with Crippen LogP contribution < -0.4 is 5.73 Å². The van der Waals surface area contributed by atoms with Gasteiger partial charge in [-0.1, -0.05) is 0 Å². The van der Waals surface area contributed by atoms with Gasteiger partial charge in [0.25, 0.3) is 0 Å². The fraction of sp³-hybridized carbons (Fsp3) is 0.556. The van der Waals surface area contributed by atoms with Gasteiger partial charge in [-0.15, -0.1) is 0 Å². The zero-order valence-corrected chi connectivity index (χ0v) is 7.59. The van der Waals surface area contributed by atoms with Crippen molar-refractivity contribution in [1.29, 1.82) is 0 Å². The molecule has 0 saturated carbocycles. The van der Waals surface area contributed by atoms with Crippen LogP contribution in [0.1, 0.15) is 22.9 Å². The summed E-state index contributed by atoms with van der Waals surface area (Å²) in [5.41, 5.74) is 8.88. The fourth-order valence-electron chi connectivity index (χ4n) is 1.47. The number of aromatic nitrogens is 1. The molecule has 1 atom stereocenters. The molecule has 1 aromatic rings. The maximum absolute atomic E-state index is 9.02. The van der Waals surface area contributed by atoms with Crippen molar-refractivity contribution in [3.8, 4) is 0 Å². The van der Waals surface area contributed by atoms with E-state index in [1.807, 2.05) is 19.9 Å². The van der Waals surface area contributed by atoms with E-state index < -0.39 is 0 Å². The zero-order valence-electron chi connectivity index (χ0n) is 7.59. The van der Waals surface area contributed by atoms with Crippen LogP contribution in [0.15, 0.2) is 6.07 Å². The number of H-pyrrole nitrogens is 1. The molecule has 3 nitrogen and oxygen atoms in total. The molecule has 0 aromatic carbocycles. The van der Waals surface area contributed by atoms with Gasteiger partial charge in [0.2, 0.25) is 0 Å². The lowest BCUT2D eigenvalue weighted by atomic mass is 10.0. The van der Waals surface area contributed by atoms with Gasteiger partial charge in [-0.05, 0) is 25.5 Å². The number of aryl methyl sites for hydroxylation is 2. The molecule has 0 aliphatic carbocycles. The molecule has 1 aromatic heterocycles. The third-order valence-electron chi connectivity index (χ3n) is 2.13. The largest absolute Gasteiger partial charge is 0.396 e. The molecule has 1 unspecified atom stereocenters. The number of hydrogen-bond acceptors (Lipinski definition) is 2. The lowest BCUT2D eigenvalue weighted by Crippen LogP contribution is -2.16. The molecule has 0 amide bonds. The summed E-state index contributed by atoms with van der Waals surface area (Å²) < 4.78 is 0. The van der Waals surface area contributed by atoms with Crippen molar-refractivity contribution in [1.82, 2.24) is 4.98 Å². The highest BCUT2D eigenvalue weighted by Crippen LogP contribution is 2.19. The monoisotopic (exact) mass is 168 g/mol. The topological polar surface area (TPSA) is 62.0 Å². The molecule has 12 heavy (non-hydrogen) atoms. The molecule has 68 valence electrons. The first-order chi connectivity index (χ1) is 5.69. The molecule has 0 aliphatic rings. The van der Waals surface area contributed by atoms with E-state index in [0.29, 0.717) is 6.54 Å². The Labute approximate surface area is 72.6 Å². The Bertz CT molecular complexity index is 251. The number of aliphatic hydroxyl groups excluding tert-OH is 1. The van der Waals surface area contributed by atoms with Crippen LogP contribution in [-0.4, -0.2) is 23.2 Å². The van der Waals surface area contributed by atoms with Gasteiger partial charge in [-0.2, -0.15) is 0 Å². The number of nitrogens with two attached hydrogens (primary N) is 1. The molecular weight excluding hydrogens is 152 g/mol. The second-order valence-electron chi connectivity index (χ2n) is 3.15. The van der Waals surface area contributed by atoms with Crippen molar-refractivity contribution in [2.45, 2.75) is 19.8 Å². The summed E-state index contributed by atoms with van der Waals surface area (Å²) in [5.74, 6) is 0.0787. The van der Waals surface area contributed by atoms with Gasteiger partial charge in [-0.3, -0.25) is 0 Å². The average molecular weight is 168 g/mol. The standard InChI is InChI=1S/C9H16N2O/c1-6-3-9(7(2)11-6)8(4-10)5-12/h3,8,11-12H,4-5,10H2,1-2H3. The summed E-state index contributed by atoms with van der Waals surface area (Å²) in [4.78, 5) is 3.19. The van der Waals surface area contributed by atoms with E-state index in [1.165, 1.54) is 0 Å². The quantitative estimate of drug-likeness (QED) is 0.621. The highest BCUT2D eigenvalue weighted by Gasteiger charge is 2.12. The second-order valence-corrected chi connectivity index (χ2v) is 3.15. The summed E-state index contributed by atoms with van der Waals surface area (Å²) in [7, 11) is 0. The smallest absolute Gasteiger partial charge is 0.0512 e. The van der Waals surface area contributed by atoms with E-state index in [0.717, 1.165) is 17.0 Å². The average Bonchev–Trinajstić information content (AvgIpc) is 2.34. The maximum atomic E-state index is 9.02. The number of hydrogen-bond donors (Lipinski definition) is 3. The molecule has 0 aliphatic heterocycles. The van der Waals surface area contributed by atoms with Gasteiger partial charge < -0.3 is 15.8 Å². The lowest BCUT2D eigenvalue weighted by molar-refractivity contribution is 0.267. The molecule has 1 heterocycles. The molecule has 4 N–H and O–H groups in total. The summed E-state index contributed by atoms with van der Waals surface area (Å²) in [5, 5.41) is 9.02. The number of aliphatic hydroxyl groups is 1. The van der Waals surface area contributed by atoms with Gasteiger partial charge in [0.1, 0.15) is 0 Å². The van der Waals surface area contributed by atoms with E-state index in [1.54, 1.807) is 0 Å². The van der Waals surface area contributed by atoms with Crippen molar-refractivity contribution in [2.24, 2.45) is 5.73 Å². The second kappa shape index (κ2) is 3.74. The summed E-state index contributed by atoms with van der Waals surface area (Å²) in [6, 6.07) is 2.04. The van der Waals surface area contributed by atoms with Gasteiger partial charge >= 0.3 is 0 Å². The molecule has 1 rings (SSSR count). The third kappa shape index (κ3) is 1.68. The van der Waals surface area contributed by atoms with Crippen LogP contribution in [0.4, 0.5) is 0 Å². The van der Waals surface area contributed by atoms with E-state index in [2.05, 4.69) is 4.98 Å². The fourth-order valence-corrected chi connectivity index (χ4v) is 1.47. The molecule has 0 spiro atoms. The van der Waals surface area contributed by atoms with E-state index >= 15 is 0 Å². The van der Waals surface area contributed by atoms with Crippen LogP contribution in [0.2, 0.25) is 0 Å². The predicted octanol–water partition coefficient (Wildman–Crippen LogP) is 0.666. The summed E-state index contributed by atoms with van der Waals surface area (Å²) in [6.45, 7) is 4.62. The van der Waals surface area contributed by atoms with Gasteiger partial charge in [0.15, 0.2) is 0 Å². The van der Waals surface area contributed by atoms with Crippen LogP contribution in [0.25, 0.3) is 0 Å². The minimum atomic E-state index is 0.0787. The Morgan fingerprint density at radius 3 is 2.58 bits per heavy atom. The minimum absolute atomic E-state index is 0.0787. The molecule has 0 saturated heterocycles. The van der Waals surface area contributed by atoms with Crippen molar-refractivity contribution >= 4 is 0 Å². The minimum Gasteiger partial charge on any atom is -0.396 e. The Morgan fingerprint density at radius 2 is 2.25 bits per heavy atom. The van der Waals surface area contributed by atoms with Crippen molar-refractivity contribution in [2.75, 3.05) is 13.2 Å². The van der Waals surface area contributed by atoms with Crippen LogP contribution in [-0.2, 0) is 0 Å². The Hall–Kier alpha value is -0.800. The van der Waals surface area contributed by atoms with Crippen LogP contribution in [0, 0.1) is 13.8 Å². The molecule has 3 heteroatoms.